The maximum absolute atomic E-state index is 11.0. The fraction of sp³-hybridized carbons (Fsp3) is 0.385. The molecule has 6 nitrogen and oxygen atoms in total. The molecule has 0 amide bonds. The van der Waals surface area contributed by atoms with Crippen LogP contribution >= 0.6 is 11.8 Å². The van der Waals surface area contributed by atoms with Crippen LogP contribution in [0.3, 0.4) is 0 Å². The molecule has 1 N–H and O–H groups in total. The minimum Gasteiger partial charge on any atom is -0.493 e. The average Bonchev–Trinajstić information content (AvgIpc) is 2.74. The fourth-order valence-electron chi connectivity index (χ4n) is 2.05. The SMILES string of the molecule is COc1cc2nc(CSC)n(CC(=O)O)c2cc1OC. The van der Waals surface area contributed by atoms with Crippen molar-refractivity contribution in [1.29, 1.82) is 0 Å². The van der Waals surface area contributed by atoms with Gasteiger partial charge in [-0.05, 0) is 6.26 Å². The molecule has 0 atom stereocenters. The smallest absolute Gasteiger partial charge is 0.323 e. The molecule has 0 unspecified atom stereocenters. The van der Waals surface area contributed by atoms with Crippen molar-refractivity contribution in [2.24, 2.45) is 0 Å². The van der Waals surface area contributed by atoms with Gasteiger partial charge in [0.25, 0.3) is 0 Å². The summed E-state index contributed by atoms with van der Waals surface area (Å²) in [5, 5.41) is 9.05. The molecular formula is C13H16N2O4S. The van der Waals surface area contributed by atoms with Crippen molar-refractivity contribution < 1.29 is 19.4 Å². The second-order valence-electron chi connectivity index (χ2n) is 4.14. The van der Waals surface area contributed by atoms with Gasteiger partial charge in [-0.15, -0.1) is 0 Å². The first kappa shape index (κ1) is 14.5. The number of hydrogen-bond donors (Lipinski definition) is 1. The van der Waals surface area contributed by atoms with E-state index in [1.54, 1.807) is 42.7 Å². The number of hydrogen-bond acceptors (Lipinski definition) is 5. The molecule has 0 aliphatic heterocycles. The first-order valence-corrected chi connectivity index (χ1v) is 7.32. The number of carboxylic acids is 1. The molecule has 7 heteroatoms. The summed E-state index contributed by atoms with van der Waals surface area (Å²) < 4.78 is 12.2. The lowest BCUT2D eigenvalue weighted by molar-refractivity contribution is -0.137. The van der Waals surface area contributed by atoms with E-state index in [-0.39, 0.29) is 6.54 Å². The van der Waals surface area contributed by atoms with Gasteiger partial charge in [0, 0.05) is 12.1 Å². The van der Waals surface area contributed by atoms with Gasteiger partial charge in [0.1, 0.15) is 12.4 Å². The molecule has 1 heterocycles. The number of methoxy groups -OCH3 is 2. The molecule has 0 spiro atoms. The molecule has 0 radical (unpaired) electrons. The van der Waals surface area contributed by atoms with Gasteiger partial charge >= 0.3 is 5.97 Å². The highest BCUT2D eigenvalue weighted by Crippen LogP contribution is 2.32. The van der Waals surface area contributed by atoms with Gasteiger partial charge in [0.2, 0.25) is 0 Å². The Hall–Kier alpha value is -1.89. The second-order valence-corrected chi connectivity index (χ2v) is 5.00. The third-order valence-corrected chi connectivity index (χ3v) is 3.45. The number of imidazole rings is 1. The second kappa shape index (κ2) is 6.04. The molecule has 108 valence electrons. The van der Waals surface area contributed by atoms with Crippen molar-refractivity contribution in [3.63, 3.8) is 0 Å². The van der Waals surface area contributed by atoms with Crippen molar-refractivity contribution in [1.82, 2.24) is 9.55 Å². The number of fused-ring (bicyclic) bond motifs is 1. The first-order valence-electron chi connectivity index (χ1n) is 5.92. The van der Waals surface area contributed by atoms with Crippen LogP contribution in [-0.2, 0) is 17.1 Å². The molecule has 0 bridgehead atoms. The molecule has 20 heavy (non-hydrogen) atoms. The zero-order valence-corrected chi connectivity index (χ0v) is 12.4. The summed E-state index contributed by atoms with van der Waals surface area (Å²) in [5.41, 5.74) is 1.43. The monoisotopic (exact) mass is 296 g/mol. The lowest BCUT2D eigenvalue weighted by Gasteiger charge is -2.09. The number of aliphatic carboxylic acids is 1. The van der Waals surface area contributed by atoms with Crippen LogP contribution in [0.5, 0.6) is 11.5 Å². The van der Waals surface area contributed by atoms with E-state index in [0.717, 1.165) is 11.3 Å². The topological polar surface area (TPSA) is 73.6 Å². The average molecular weight is 296 g/mol. The van der Waals surface area contributed by atoms with Gasteiger partial charge in [-0.25, -0.2) is 4.98 Å². The lowest BCUT2D eigenvalue weighted by atomic mass is 10.2. The first-order chi connectivity index (χ1) is 9.60. The number of carbonyl (C=O) groups is 1. The number of ether oxygens (including phenoxy) is 2. The predicted octanol–water partition coefficient (Wildman–Crippen LogP) is 2.00. The van der Waals surface area contributed by atoms with Gasteiger partial charge in [-0.1, -0.05) is 0 Å². The summed E-state index contributed by atoms with van der Waals surface area (Å²) in [7, 11) is 3.10. The van der Waals surface area contributed by atoms with Crippen molar-refractivity contribution in [2.75, 3.05) is 20.5 Å². The standard InChI is InChI=1S/C13H16N2O4S/c1-18-10-4-8-9(5-11(10)19-2)15(6-13(16)17)12(14-8)7-20-3/h4-5H,6-7H2,1-3H3,(H,16,17). The zero-order chi connectivity index (χ0) is 14.7. The lowest BCUT2D eigenvalue weighted by Crippen LogP contribution is -2.11. The third kappa shape index (κ3) is 2.67. The Balaban J connectivity index is 2.64. The molecule has 0 aliphatic carbocycles. The maximum Gasteiger partial charge on any atom is 0.323 e. The molecule has 0 saturated carbocycles. The van der Waals surface area contributed by atoms with Gasteiger partial charge < -0.3 is 19.1 Å². The highest BCUT2D eigenvalue weighted by Gasteiger charge is 2.16. The Labute approximate surface area is 120 Å². The number of benzene rings is 1. The Morgan fingerprint density at radius 2 is 2.00 bits per heavy atom. The van der Waals surface area contributed by atoms with E-state index in [1.807, 2.05) is 6.26 Å². The molecule has 1 aromatic carbocycles. The van der Waals surface area contributed by atoms with Crippen LogP contribution in [0.25, 0.3) is 11.0 Å². The molecule has 0 aliphatic rings. The fourth-order valence-corrected chi connectivity index (χ4v) is 2.53. The Morgan fingerprint density at radius 3 is 2.55 bits per heavy atom. The largest absolute Gasteiger partial charge is 0.493 e. The van der Waals surface area contributed by atoms with Crippen molar-refractivity contribution in [3.8, 4) is 11.5 Å². The van der Waals surface area contributed by atoms with E-state index < -0.39 is 5.97 Å². The summed E-state index contributed by atoms with van der Waals surface area (Å²) >= 11 is 1.59. The van der Waals surface area contributed by atoms with Crippen LogP contribution in [0.1, 0.15) is 5.82 Å². The van der Waals surface area contributed by atoms with Crippen LogP contribution < -0.4 is 9.47 Å². The highest BCUT2D eigenvalue weighted by atomic mass is 32.2. The summed E-state index contributed by atoms with van der Waals surface area (Å²) in [4.78, 5) is 15.5. The quantitative estimate of drug-likeness (QED) is 0.879. The summed E-state index contributed by atoms with van der Waals surface area (Å²) in [5.74, 6) is 1.61. The molecule has 2 aromatic rings. The normalized spacial score (nSPS) is 10.8. The van der Waals surface area contributed by atoms with E-state index in [0.29, 0.717) is 22.8 Å². The number of thioether (sulfide) groups is 1. The summed E-state index contributed by atoms with van der Waals surface area (Å²) in [6.07, 6.45) is 1.95. The zero-order valence-electron chi connectivity index (χ0n) is 11.5. The van der Waals surface area contributed by atoms with E-state index in [2.05, 4.69) is 4.98 Å². The van der Waals surface area contributed by atoms with Crippen molar-refractivity contribution in [3.05, 3.63) is 18.0 Å². The van der Waals surface area contributed by atoms with E-state index >= 15 is 0 Å². The van der Waals surface area contributed by atoms with E-state index in [9.17, 15) is 4.79 Å². The number of aromatic nitrogens is 2. The molecule has 1 aromatic heterocycles. The van der Waals surface area contributed by atoms with Crippen LogP contribution in [0.4, 0.5) is 0 Å². The summed E-state index contributed by atoms with van der Waals surface area (Å²) in [6, 6.07) is 3.52. The highest BCUT2D eigenvalue weighted by molar-refractivity contribution is 7.97. The predicted molar refractivity (Wildman–Crippen MR) is 77.7 cm³/mol. The Kier molecular flexibility index (Phi) is 4.39. The van der Waals surface area contributed by atoms with Gasteiger partial charge in [0.15, 0.2) is 11.5 Å². The third-order valence-electron chi connectivity index (χ3n) is 2.90. The summed E-state index contributed by atoms with van der Waals surface area (Å²) in [6.45, 7) is -0.123. The van der Waals surface area contributed by atoms with Gasteiger partial charge in [-0.3, -0.25) is 4.79 Å². The number of rotatable bonds is 6. The van der Waals surface area contributed by atoms with Crippen LogP contribution in [-0.4, -0.2) is 41.1 Å². The van der Waals surface area contributed by atoms with Crippen LogP contribution in [0.15, 0.2) is 12.1 Å². The maximum atomic E-state index is 11.0. The number of carboxylic acid groups (broad SMARTS) is 1. The minimum atomic E-state index is -0.901. The Bertz CT molecular complexity index is 639. The Morgan fingerprint density at radius 1 is 1.35 bits per heavy atom. The number of nitrogens with zero attached hydrogens (tertiary/aromatic N) is 2. The molecule has 0 fully saturated rings. The molecule has 0 saturated heterocycles. The van der Waals surface area contributed by atoms with E-state index in [4.69, 9.17) is 14.6 Å². The van der Waals surface area contributed by atoms with Crippen molar-refractivity contribution in [2.45, 2.75) is 12.3 Å². The van der Waals surface area contributed by atoms with Gasteiger partial charge in [0.05, 0.1) is 31.0 Å². The minimum absolute atomic E-state index is 0.123. The van der Waals surface area contributed by atoms with Crippen molar-refractivity contribution >= 4 is 28.8 Å². The van der Waals surface area contributed by atoms with E-state index in [1.165, 1.54) is 0 Å². The van der Waals surface area contributed by atoms with Crippen LogP contribution in [0.2, 0.25) is 0 Å². The molecular weight excluding hydrogens is 280 g/mol. The molecule has 2 rings (SSSR count). The van der Waals surface area contributed by atoms with Crippen LogP contribution in [0, 0.1) is 0 Å². The van der Waals surface area contributed by atoms with Gasteiger partial charge in [-0.2, -0.15) is 11.8 Å².